The van der Waals surface area contributed by atoms with Gasteiger partial charge in [-0.25, -0.2) is 4.90 Å². The monoisotopic (exact) mass is 428 g/mol. The van der Waals surface area contributed by atoms with Gasteiger partial charge < -0.3 is 14.8 Å². The number of methoxy groups -OCH3 is 2. The maximum Gasteiger partial charge on any atom is 0.282 e. The Balaban J connectivity index is 1.83. The first-order valence-corrected chi connectivity index (χ1v) is 10.2. The number of rotatable bonds is 6. The molecule has 2 amide bonds. The number of hydrogen-bond donors (Lipinski definition) is 1. The average Bonchev–Trinajstić information content (AvgIpc) is 3.05. The zero-order valence-corrected chi connectivity index (χ0v) is 18.4. The highest BCUT2D eigenvalue weighted by Gasteiger charge is 2.40. The van der Waals surface area contributed by atoms with Crippen molar-refractivity contribution in [3.63, 3.8) is 0 Å². The van der Waals surface area contributed by atoms with Gasteiger partial charge in [-0.05, 0) is 48.7 Å². The van der Waals surface area contributed by atoms with E-state index in [1.807, 2.05) is 62.4 Å². The number of imide groups is 1. The maximum atomic E-state index is 13.6. The molecule has 0 radical (unpaired) electrons. The van der Waals surface area contributed by atoms with Crippen molar-refractivity contribution in [2.45, 2.75) is 13.8 Å². The molecule has 0 spiro atoms. The molecule has 0 saturated carbocycles. The van der Waals surface area contributed by atoms with Crippen LogP contribution in [0.25, 0.3) is 5.57 Å². The third kappa shape index (κ3) is 3.71. The molecule has 0 aromatic heterocycles. The Kier molecular flexibility index (Phi) is 5.69. The summed E-state index contributed by atoms with van der Waals surface area (Å²) in [6.45, 7) is 3.82. The fraction of sp³-hybridized carbons (Fsp3) is 0.154. The Morgan fingerprint density at radius 2 is 1.50 bits per heavy atom. The van der Waals surface area contributed by atoms with Crippen molar-refractivity contribution in [2.75, 3.05) is 24.4 Å². The number of aryl methyl sites for hydroxylation is 2. The van der Waals surface area contributed by atoms with Gasteiger partial charge in [-0.2, -0.15) is 0 Å². The molecule has 32 heavy (non-hydrogen) atoms. The molecule has 1 N–H and O–H groups in total. The minimum absolute atomic E-state index is 0.217. The van der Waals surface area contributed by atoms with E-state index in [4.69, 9.17) is 9.47 Å². The zero-order chi connectivity index (χ0) is 22.8. The van der Waals surface area contributed by atoms with E-state index in [1.54, 1.807) is 32.4 Å². The highest BCUT2D eigenvalue weighted by molar-refractivity contribution is 6.46. The largest absolute Gasteiger partial charge is 0.493 e. The number of amides is 2. The quantitative estimate of drug-likeness (QED) is 0.576. The van der Waals surface area contributed by atoms with Crippen molar-refractivity contribution in [3.8, 4) is 11.5 Å². The third-order valence-corrected chi connectivity index (χ3v) is 5.40. The first kappa shape index (κ1) is 21.2. The van der Waals surface area contributed by atoms with Gasteiger partial charge in [0.1, 0.15) is 5.70 Å². The Hall–Kier alpha value is -4.06. The minimum Gasteiger partial charge on any atom is -0.493 e. The molecular weight excluding hydrogens is 404 g/mol. The van der Waals surface area contributed by atoms with E-state index < -0.39 is 5.91 Å². The van der Waals surface area contributed by atoms with Crippen molar-refractivity contribution in [2.24, 2.45) is 0 Å². The number of nitrogens with zero attached hydrogens (tertiary/aromatic N) is 1. The predicted octanol–water partition coefficient (Wildman–Crippen LogP) is 4.72. The van der Waals surface area contributed by atoms with Crippen molar-refractivity contribution in [3.05, 3.63) is 89.1 Å². The van der Waals surface area contributed by atoms with E-state index in [-0.39, 0.29) is 11.6 Å². The van der Waals surface area contributed by atoms with Crippen LogP contribution in [0, 0.1) is 13.8 Å². The molecule has 0 unspecified atom stereocenters. The smallest absolute Gasteiger partial charge is 0.282 e. The van der Waals surface area contributed by atoms with Gasteiger partial charge in [0.05, 0.1) is 25.5 Å². The minimum atomic E-state index is -0.405. The van der Waals surface area contributed by atoms with E-state index in [0.717, 1.165) is 11.1 Å². The number of benzene rings is 3. The average molecular weight is 428 g/mol. The highest BCUT2D eigenvalue weighted by Crippen LogP contribution is 2.37. The van der Waals surface area contributed by atoms with Crippen molar-refractivity contribution < 1.29 is 19.1 Å². The van der Waals surface area contributed by atoms with E-state index >= 15 is 0 Å². The normalized spacial score (nSPS) is 13.6. The van der Waals surface area contributed by atoms with Crippen LogP contribution < -0.4 is 19.7 Å². The van der Waals surface area contributed by atoms with Crippen LogP contribution in [0.15, 0.2) is 72.4 Å². The molecule has 6 heteroatoms. The van der Waals surface area contributed by atoms with Crippen molar-refractivity contribution >= 4 is 28.8 Å². The van der Waals surface area contributed by atoms with E-state index in [9.17, 15) is 9.59 Å². The van der Waals surface area contributed by atoms with Crippen LogP contribution in [-0.2, 0) is 9.59 Å². The lowest BCUT2D eigenvalue weighted by molar-refractivity contribution is -0.120. The molecule has 0 fully saturated rings. The second-order valence-electron chi connectivity index (χ2n) is 7.55. The summed E-state index contributed by atoms with van der Waals surface area (Å²) in [7, 11) is 3.10. The number of ether oxygens (including phenoxy) is 2. The summed E-state index contributed by atoms with van der Waals surface area (Å²) in [6.07, 6.45) is 0. The summed E-state index contributed by atoms with van der Waals surface area (Å²) >= 11 is 0. The van der Waals surface area contributed by atoms with Gasteiger partial charge >= 0.3 is 0 Å². The molecule has 4 rings (SSSR count). The summed E-state index contributed by atoms with van der Waals surface area (Å²) in [5.74, 6) is 0.318. The van der Waals surface area contributed by atoms with Crippen LogP contribution in [0.4, 0.5) is 11.4 Å². The second-order valence-corrected chi connectivity index (χ2v) is 7.55. The summed E-state index contributed by atoms with van der Waals surface area (Å²) in [5, 5.41) is 3.16. The fourth-order valence-corrected chi connectivity index (χ4v) is 3.76. The summed E-state index contributed by atoms with van der Waals surface area (Å²) in [4.78, 5) is 28.4. The van der Waals surface area contributed by atoms with Gasteiger partial charge in [-0.15, -0.1) is 0 Å². The third-order valence-electron chi connectivity index (χ3n) is 5.40. The fourth-order valence-electron chi connectivity index (χ4n) is 3.76. The molecule has 162 valence electrons. The van der Waals surface area contributed by atoms with Crippen molar-refractivity contribution in [1.29, 1.82) is 0 Å². The highest BCUT2D eigenvalue weighted by atomic mass is 16.5. The summed E-state index contributed by atoms with van der Waals surface area (Å²) in [6, 6.07) is 20.2. The Morgan fingerprint density at radius 1 is 0.781 bits per heavy atom. The first-order chi connectivity index (χ1) is 15.4. The van der Waals surface area contributed by atoms with Crippen LogP contribution in [0.2, 0.25) is 0 Å². The Bertz CT molecular complexity index is 1230. The van der Waals surface area contributed by atoms with Crippen LogP contribution in [-0.4, -0.2) is 26.0 Å². The number of carbonyl (C=O) groups excluding carboxylic acids is 2. The maximum absolute atomic E-state index is 13.6. The van der Waals surface area contributed by atoms with Crippen molar-refractivity contribution in [1.82, 2.24) is 0 Å². The molecule has 0 bridgehead atoms. The van der Waals surface area contributed by atoms with Gasteiger partial charge in [-0.3, -0.25) is 9.59 Å². The lowest BCUT2D eigenvalue weighted by Crippen LogP contribution is -2.33. The van der Waals surface area contributed by atoms with Gasteiger partial charge in [0.2, 0.25) is 0 Å². The molecule has 1 aliphatic rings. The molecule has 1 aliphatic heterocycles. The molecule has 0 atom stereocenters. The van der Waals surface area contributed by atoms with Crippen LogP contribution in [0.5, 0.6) is 11.5 Å². The van der Waals surface area contributed by atoms with E-state index in [2.05, 4.69) is 5.32 Å². The van der Waals surface area contributed by atoms with Crippen LogP contribution in [0.3, 0.4) is 0 Å². The lowest BCUT2D eigenvalue weighted by atomic mass is 10.0. The topological polar surface area (TPSA) is 67.9 Å². The number of anilines is 2. The summed E-state index contributed by atoms with van der Waals surface area (Å²) in [5.41, 5.74) is 4.21. The van der Waals surface area contributed by atoms with Crippen LogP contribution in [0.1, 0.15) is 16.7 Å². The number of carbonyl (C=O) groups is 2. The first-order valence-electron chi connectivity index (χ1n) is 10.2. The second kappa shape index (κ2) is 8.59. The molecule has 6 nitrogen and oxygen atoms in total. The Morgan fingerprint density at radius 3 is 2.19 bits per heavy atom. The standard InChI is InChI=1S/C26H24N2O4/c1-16-10-11-17(2)20(14-16)28-25(29)23(18-8-6-5-7-9-18)24(26(28)30)27-19-12-13-21(31-3)22(15-19)32-4/h5-15,27H,1-4H3. The zero-order valence-electron chi connectivity index (χ0n) is 18.4. The molecule has 0 saturated heterocycles. The van der Waals surface area contributed by atoms with Gasteiger partial charge in [0, 0.05) is 11.8 Å². The lowest BCUT2D eigenvalue weighted by Gasteiger charge is -2.18. The van der Waals surface area contributed by atoms with Crippen LogP contribution >= 0.6 is 0 Å². The summed E-state index contributed by atoms with van der Waals surface area (Å²) < 4.78 is 10.7. The molecule has 0 aliphatic carbocycles. The molecule has 3 aromatic rings. The van der Waals surface area contributed by atoms with Gasteiger partial charge in [0.25, 0.3) is 11.8 Å². The Labute approximate surface area is 187 Å². The van der Waals surface area contributed by atoms with E-state index in [1.165, 1.54) is 4.90 Å². The molecule has 3 aromatic carbocycles. The SMILES string of the molecule is COc1ccc(NC2=C(c3ccccc3)C(=O)N(c3cc(C)ccc3C)C2=O)cc1OC. The number of hydrogen-bond acceptors (Lipinski definition) is 5. The predicted molar refractivity (Wildman–Crippen MR) is 125 cm³/mol. The molecular formula is C26H24N2O4. The molecule has 1 heterocycles. The van der Waals surface area contributed by atoms with Gasteiger partial charge in [-0.1, -0.05) is 42.5 Å². The van der Waals surface area contributed by atoms with E-state index in [0.29, 0.717) is 34.0 Å². The number of nitrogens with one attached hydrogen (secondary N) is 1. The van der Waals surface area contributed by atoms with Gasteiger partial charge in [0.15, 0.2) is 11.5 Å².